The van der Waals surface area contributed by atoms with Crippen molar-refractivity contribution in [2.24, 2.45) is 4.99 Å². The molecule has 0 aromatic heterocycles. The predicted octanol–water partition coefficient (Wildman–Crippen LogP) is 7.73. The third-order valence-electron chi connectivity index (χ3n) is 4.44. The first kappa shape index (κ1) is 24.2. The summed E-state index contributed by atoms with van der Waals surface area (Å²) < 4.78 is 14.4. The molecule has 0 amide bonds. The lowest BCUT2D eigenvalue weighted by atomic mass is 10.2. The molecular formula is C23H12Cl2I3NO3. The van der Waals surface area contributed by atoms with Gasteiger partial charge in [-0.2, -0.15) is 0 Å². The fourth-order valence-electron chi connectivity index (χ4n) is 2.91. The van der Waals surface area contributed by atoms with Gasteiger partial charge in [-0.1, -0.05) is 41.4 Å². The Balaban J connectivity index is 1.58. The van der Waals surface area contributed by atoms with Gasteiger partial charge in [-0.3, -0.25) is 0 Å². The fraction of sp³-hybridized carbons (Fsp3) is 0.0435. The van der Waals surface area contributed by atoms with Crippen molar-refractivity contribution in [3.05, 3.63) is 97.7 Å². The van der Waals surface area contributed by atoms with Crippen LogP contribution in [0.15, 0.2) is 65.3 Å². The van der Waals surface area contributed by atoms with Crippen LogP contribution in [0, 0.1) is 10.7 Å². The van der Waals surface area contributed by atoms with E-state index in [9.17, 15) is 4.79 Å². The molecule has 3 aromatic rings. The SMILES string of the molecule is O=C1OC(c2ccc(Cl)cc2Cl)=N/C1=C\c1cc(I)c(OCc2ccccc2I)c(I)c1. The number of esters is 1. The second kappa shape index (κ2) is 10.6. The van der Waals surface area contributed by atoms with Crippen LogP contribution in [0.2, 0.25) is 10.0 Å². The van der Waals surface area contributed by atoms with Crippen molar-refractivity contribution >= 4 is 109 Å². The third-order valence-corrected chi connectivity index (χ3v) is 7.64. The second-order valence-corrected chi connectivity index (χ2v) is 11.0. The second-order valence-electron chi connectivity index (χ2n) is 6.65. The average Bonchev–Trinajstić information content (AvgIpc) is 3.08. The summed E-state index contributed by atoms with van der Waals surface area (Å²) >= 11 is 18.9. The first-order valence-electron chi connectivity index (χ1n) is 9.15. The monoisotopic (exact) mass is 801 g/mol. The van der Waals surface area contributed by atoms with E-state index in [0.29, 0.717) is 22.2 Å². The topological polar surface area (TPSA) is 47.9 Å². The van der Waals surface area contributed by atoms with E-state index in [-0.39, 0.29) is 11.6 Å². The zero-order valence-electron chi connectivity index (χ0n) is 16.0. The summed E-state index contributed by atoms with van der Waals surface area (Å²) in [7, 11) is 0. The van der Waals surface area contributed by atoms with Gasteiger partial charge in [0.25, 0.3) is 0 Å². The molecule has 3 aromatic carbocycles. The van der Waals surface area contributed by atoms with Gasteiger partial charge < -0.3 is 9.47 Å². The summed E-state index contributed by atoms with van der Waals surface area (Å²) in [5, 5.41) is 0.858. The van der Waals surface area contributed by atoms with E-state index >= 15 is 0 Å². The molecule has 0 unspecified atom stereocenters. The van der Waals surface area contributed by atoms with Crippen LogP contribution in [-0.2, 0) is 16.1 Å². The summed E-state index contributed by atoms with van der Waals surface area (Å²) in [4.78, 5) is 16.7. The lowest BCUT2D eigenvalue weighted by molar-refractivity contribution is -0.129. The number of cyclic esters (lactones) is 1. The van der Waals surface area contributed by atoms with Crippen LogP contribution in [-0.4, -0.2) is 11.9 Å². The van der Waals surface area contributed by atoms with Gasteiger partial charge in [0.2, 0.25) is 5.90 Å². The van der Waals surface area contributed by atoms with Crippen LogP contribution in [0.3, 0.4) is 0 Å². The number of benzene rings is 3. The molecule has 0 aliphatic carbocycles. The molecular weight excluding hydrogens is 790 g/mol. The molecule has 0 saturated heterocycles. The summed E-state index contributed by atoms with van der Waals surface area (Å²) in [6.07, 6.45) is 1.69. The Bertz CT molecular complexity index is 1270. The van der Waals surface area contributed by atoms with Gasteiger partial charge in [0.05, 0.1) is 17.7 Å². The van der Waals surface area contributed by atoms with Crippen molar-refractivity contribution in [2.75, 3.05) is 0 Å². The van der Waals surface area contributed by atoms with Crippen LogP contribution >= 0.6 is 91.0 Å². The molecule has 32 heavy (non-hydrogen) atoms. The molecule has 0 N–H and O–H groups in total. The minimum Gasteiger partial charge on any atom is -0.487 e. The van der Waals surface area contributed by atoms with Gasteiger partial charge in [0, 0.05) is 14.2 Å². The highest BCUT2D eigenvalue weighted by Crippen LogP contribution is 2.32. The Labute approximate surface area is 235 Å². The number of halogens is 5. The Hall–Kier alpha value is -0.890. The zero-order chi connectivity index (χ0) is 22.8. The molecule has 1 aliphatic heterocycles. The molecule has 0 radical (unpaired) electrons. The molecule has 1 aliphatic rings. The summed E-state index contributed by atoms with van der Waals surface area (Å²) in [6.45, 7) is 0.480. The van der Waals surface area contributed by atoms with Crippen LogP contribution < -0.4 is 4.74 Å². The van der Waals surface area contributed by atoms with Crippen LogP contribution in [0.4, 0.5) is 0 Å². The molecule has 4 nitrogen and oxygen atoms in total. The summed E-state index contributed by atoms with van der Waals surface area (Å²) in [5.41, 5.74) is 2.66. The molecule has 162 valence electrons. The standard InChI is InChI=1S/C23H12Cl2I3NO3/c24-14-5-6-15(16(25)10-14)22-29-20(23(30)32-22)9-12-7-18(27)21(19(28)8-12)31-11-13-3-1-2-4-17(13)26/h1-10H,11H2/b20-9-. The van der Waals surface area contributed by atoms with E-state index in [1.54, 1.807) is 24.3 Å². The van der Waals surface area contributed by atoms with Crippen molar-refractivity contribution in [1.82, 2.24) is 0 Å². The average molecular weight is 802 g/mol. The first-order valence-corrected chi connectivity index (χ1v) is 13.1. The molecule has 0 fully saturated rings. The Morgan fingerprint density at radius 3 is 2.38 bits per heavy atom. The largest absolute Gasteiger partial charge is 0.487 e. The van der Waals surface area contributed by atoms with Crippen molar-refractivity contribution in [2.45, 2.75) is 6.61 Å². The maximum atomic E-state index is 12.4. The number of hydrogen-bond donors (Lipinski definition) is 0. The maximum absolute atomic E-state index is 12.4. The van der Waals surface area contributed by atoms with E-state index in [2.05, 4.69) is 84.9 Å². The number of ether oxygens (including phenoxy) is 2. The number of carbonyl (C=O) groups excluding carboxylic acids is 1. The highest BCUT2D eigenvalue weighted by Gasteiger charge is 2.26. The highest BCUT2D eigenvalue weighted by molar-refractivity contribution is 14.1. The van der Waals surface area contributed by atoms with Crippen LogP contribution in [0.25, 0.3) is 6.08 Å². The van der Waals surface area contributed by atoms with Gasteiger partial charge in [-0.25, -0.2) is 9.79 Å². The lowest BCUT2D eigenvalue weighted by Crippen LogP contribution is -2.06. The molecule has 4 rings (SSSR count). The number of aliphatic imine (C=N–C) groups is 1. The predicted molar refractivity (Wildman–Crippen MR) is 152 cm³/mol. The van der Waals surface area contributed by atoms with E-state index in [1.165, 1.54) is 0 Å². The van der Waals surface area contributed by atoms with Crippen molar-refractivity contribution in [3.8, 4) is 5.75 Å². The number of hydrogen-bond acceptors (Lipinski definition) is 4. The Morgan fingerprint density at radius 1 is 0.969 bits per heavy atom. The number of carbonyl (C=O) groups is 1. The molecule has 9 heteroatoms. The van der Waals surface area contributed by atoms with E-state index in [1.807, 2.05) is 24.3 Å². The van der Waals surface area contributed by atoms with Crippen molar-refractivity contribution in [1.29, 1.82) is 0 Å². The fourth-order valence-corrected chi connectivity index (χ4v) is 6.07. The third kappa shape index (κ3) is 5.60. The first-order chi connectivity index (χ1) is 15.3. The van der Waals surface area contributed by atoms with Crippen molar-refractivity contribution in [3.63, 3.8) is 0 Å². The lowest BCUT2D eigenvalue weighted by Gasteiger charge is -2.12. The van der Waals surface area contributed by atoms with Gasteiger partial charge in [-0.05, 0) is 116 Å². The molecule has 0 atom stereocenters. The normalized spacial score (nSPS) is 14.5. The smallest absolute Gasteiger partial charge is 0.363 e. The van der Waals surface area contributed by atoms with Gasteiger partial charge >= 0.3 is 5.97 Å². The Kier molecular flexibility index (Phi) is 8.01. The Morgan fingerprint density at radius 2 is 1.69 bits per heavy atom. The number of nitrogens with zero attached hydrogens (tertiary/aromatic N) is 1. The minimum atomic E-state index is -0.532. The maximum Gasteiger partial charge on any atom is 0.363 e. The highest BCUT2D eigenvalue weighted by atomic mass is 127. The van der Waals surface area contributed by atoms with Gasteiger partial charge in [0.15, 0.2) is 5.70 Å². The molecule has 0 saturated carbocycles. The van der Waals surface area contributed by atoms with E-state index < -0.39 is 5.97 Å². The van der Waals surface area contributed by atoms with Crippen LogP contribution in [0.5, 0.6) is 5.75 Å². The van der Waals surface area contributed by atoms with Gasteiger partial charge in [-0.15, -0.1) is 0 Å². The molecule has 1 heterocycles. The van der Waals surface area contributed by atoms with Gasteiger partial charge in [0.1, 0.15) is 12.4 Å². The zero-order valence-corrected chi connectivity index (χ0v) is 24.0. The molecule has 0 spiro atoms. The minimum absolute atomic E-state index is 0.157. The number of rotatable bonds is 5. The quantitative estimate of drug-likeness (QED) is 0.151. The van der Waals surface area contributed by atoms with Crippen LogP contribution in [0.1, 0.15) is 16.7 Å². The summed E-state index contributed by atoms with van der Waals surface area (Å²) in [6, 6.07) is 16.9. The van der Waals surface area contributed by atoms with E-state index in [4.69, 9.17) is 32.7 Å². The van der Waals surface area contributed by atoms with E-state index in [0.717, 1.165) is 27.6 Å². The van der Waals surface area contributed by atoms with Crippen molar-refractivity contribution < 1.29 is 14.3 Å². The summed E-state index contributed by atoms with van der Waals surface area (Å²) in [5.74, 6) is 0.430. The molecule has 0 bridgehead atoms.